The molecule has 4 heteroatoms. The number of nitrogens with one attached hydrogen (secondary N) is 1. The lowest BCUT2D eigenvalue weighted by Crippen LogP contribution is -2.35. The van der Waals surface area contributed by atoms with Crippen LogP contribution in [-0.2, 0) is 4.79 Å². The van der Waals surface area contributed by atoms with Crippen molar-refractivity contribution in [2.75, 3.05) is 38.1 Å². The van der Waals surface area contributed by atoms with Gasteiger partial charge in [0.2, 0.25) is 5.91 Å². The van der Waals surface area contributed by atoms with Gasteiger partial charge in [-0.05, 0) is 37.9 Å². The minimum atomic E-state index is 0.205. The minimum Gasteiger partial charge on any atom is -0.362 e. The van der Waals surface area contributed by atoms with Crippen LogP contribution < -0.4 is 10.2 Å². The maximum Gasteiger partial charge on any atom is 0.241 e. The van der Waals surface area contributed by atoms with Gasteiger partial charge in [0, 0.05) is 31.9 Å². The summed E-state index contributed by atoms with van der Waals surface area (Å²) in [4.78, 5) is 16.2. The standard InChI is InChI=1S/C17H27N3O/c1-4-10-18-14(2)15-8-5-6-9-16(15)20-12-7-11-19(3)17(21)13-20/h5-6,8-9,14,18H,4,7,10-13H2,1-3H3. The zero-order chi connectivity index (χ0) is 15.2. The van der Waals surface area contributed by atoms with E-state index < -0.39 is 0 Å². The summed E-state index contributed by atoms with van der Waals surface area (Å²) in [7, 11) is 1.89. The first kappa shape index (κ1) is 15.8. The first-order valence-electron chi connectivity index (χ1n) is 7.94. The molecule has 0 aliphatic carbocycles. The summed E-state index contributed by atoms with van der Waals surface area (Å²) in [6, 6.07) is 8.75. The Hall–Kier alpha value is -1.55. The van der Waals surface area contributed by atoms with Gasteiger partial charge in [0.05, 0.1) is 6.54 Å². The molecular formula is C17H27N3O. The topological polar surface area (TPSA) is 35.6 Å². The minimum absolute atomic E-state index is 0.205. The Kier molecular flexibility index (Phi) is 5.62. The molecule has 1 saturated heterocycles. The van der Waals surface area contributed by atoms with E-state index in [1.807, 2.05) is 11.9 Å². The maximum absolute atomic E-state index is 12.1. The normalized spacial score (nSPS) is 17.8. The molecule has 1 aromatic rings. The van der Waals surface area contributed by atoms with Gasteiger partial charge < -0.3 is 15.1 Å². The highest BCUT2D eigenvalue weighted by molar-refractivity contribution is 5.82. The highest BCUT2D eigenvalue weighted by Crippen LogP contribution is 2.27. The number of amides is 1. The molecule has 1 heterocycles. The van der Waals surface area contributed by atoms with Crippen molar-refractivity contribution in [1.82, 2.24) is 10.2 Å². The molecule has 1 fully saturated rings. The van der Waals surface area contributed by atoms with E-state index in [0.717, 1.165) is 32.5 Å². The van der Waals surface area contributed by atoms with Crippen LogP contribution in [0.2, 0.25) is 0 Å². The van der Waals surface area contributed by atoms with E-state index in [4.69, 9.17) is 0 Å². The zero-order valence-corrected chi connectivity index (χ0v) is 13.4. The molecule has 1 aliphatic rings. The van der Waals surface area contributed by atoms with Crippen LogP contribution in [0.15, 0.2) is 24.3 Å². The Morgan fingerprint density at radius 3 is 2.81 bits per heavy atom. The molecule has 1 aliphatic heterocycles. The molecule has 21 heavy (non-hydrogen) atoms. The lowest BCUT2D eigenvalue weighted by Gasteiger charge is -2.27. The fourth-order valence-corrected chi connectivity index (χ4v) is 2.80. The summed E-state index contributed by atoms with van der Waals surface area (Å²) in [6.07, 6.45) is 2.15. The van der Waals surface area contributed by atoms with Crippen LogP contribution in [0.1, 0.15) is 38.3 Å². The Balaban J connectivity index is 2.20. The highest BCUT2D eigenvalue weighted by atomic mass is 16.2. The number of hydrogen-bond donors (Lipinski definition) is 1. The molecule has 0 saturated carbocycles. The van der Waals surface area contributed by atoms with E-state index in [0.29, 0.717) is 12.6 Å². The van der Waals surface area contributed by atoms with Crippen molar-refractivity contribution in [3.05, 3.63) is 29.8 Å². The number of rotatable bonds is 5. The van der Waals surface area contributed by atoms with E-state index in [1.165, 1.54) is 11.3 Å². The van der Waals surface area contributed by atoms with Crippen molar-refractivity contribution in [3.63, 3.8) is 0 Å². The summed E-state index contributed by atoms with van der Waals surface area (Å²) in [5.41, 5.74) is 2.47. The molecule has 0 radical (unpaired) electrons. The summed E-state index contributed by atoms with van der Waals surface area (Å²) >= 11 is 0. The van der Waals surface area contributed by atoms with Crippen LogP contribution >= 0.6 is 0 Å². The third kappa shape index (κ3) is 3.97. The van der Waals surface area contributed by atoms with Gasteiger partial charge in [-0.15, -0.1) is 0 Å². The van der Waals surface area contributed by atoms with Gasteiger partial charge in [-0.1, -0.05) is 25.1 Å². The lowest BCUT2D eigenvalue weighted by atomic mass is 10.0. The molecule has 1 aromatic carbocycles. The van der Waals surface area contributed by atoms with Crippen molar-refractivity contribution >= 4 is 11.6 Å². The molecule has 1 amide bonds. The highest BCUT2D eigenvalue weighted by Gasteiger charge is 2.22. The van der Waals surface area contributed by atoms with E-state index >= 15 is 0 Å². The van der Waals surface area contributed by atoms with Crippen molar-refractivity contribution < 1.29 is 4.79 Å². The molecule has 2 rings (SSSR count). The average molecular weight is 289 g/mol. The maximum atomic E-state index is 12.1. The first-order valence-corrected chi connectivity index (χ1v) is 7.94. The molecule has 1 unspecified atom stereocenters. The largest absolute Gasteiger partial charge is 0.362 e. The number of nitrogens with zero attached hydrogens (tertiary/aromatic N) is 2. The molecule has 0 aromatic heterocycles. The van der Waals surface area contributed by atoms with Gasteiger partial charge in [0.1, 0.15) is 0 Å². The molecular weight excluding hydrogens is 262 g/mol. The summed E-state index contributed by atoms with van der Waals surface area (Å²) in [5, 5.41) is 3.54. The van der Waals surface area contributed by atoms with Gasteiger partial charge in [-0.3, -0.25) is 4.79 Å². The van der Waals surface area contributed by atoms with Crippen LogP contribution in [0.5, 0.6) is 0 Å². The van der Waals surface area contributed by atoms with Gasteiger partial charge in [0.15, 0.2) is 0 Å². The number of carbonyl (C=O) groups is 1. The summed E-state index contributed by atoms with van der Waals surface area (Å²) in [6.45, 7) is 7.65. The zero-order valence-electron chi connectivity index (χ0n) is 13.4. The van der Waals surface area contributed by atoms with Gasteiger partial charge in [-0.25, -0.2) is 0 Å². The van der Waals surface area contributed by atoms with E-state index in [-0.39, 0.29) is 5.91 Å². The van der Waals surface area contributed by atoms with Crippen LogP contribution in [-0.4, -0.2) is 44.0 Å². The van der Waals surface area contributed by atoms with Gasteiger partial charge in [0.25, 0.3) is 0 Å². The van der Waals surface area contributed by atoms with Crippen molar-refractivity contribution in [3.8, 4) is 0 Å². The Morgan fingerprint density at radius 2 is 2.05 bits per heavy atom. The third-order valence-electron chi connectivity index (χ3n) is 4.12. The number of likely N-dealkylation sites (N-methyl/N-ethyl adjacent to an activating group) is 1. The smallest absolute Gasteiger partial charge is 0.241 e. The lowest BCUT2D eigenvalue weighted by molar-refractivity contribution is -0.127. The second-order valence-electron chi connectivity index (χ2n) is 5.83. The van der Waals surface area contributed by atoms with Crippen molar-refractivity contribution in [1.29, 1.82) is 0 Å². The second kappa shape index (κ2) is 7.46. The number of para-hydroxylation sites is 1. The van der Waals surface area contributed by atoms with Crippen molar-refractivity contribution in [2.24, 2.45) is 0 Å². The van der Waals surface area contributed by atoms with E-state index in [9.17, 15) is 4.79 Å². The predicted octanol–water partition coefficient (Wildman–Crippen LogP) is 2.42. The second-order valence-corrected chi connectivity index (χ2v) is 5.83. The Morgan fingerprint density at radius 1 is 1.29 bits per heavy atom. The fourth-order valence-electron chi connectivity index (χ4n) is 2.80. The van der Waals surface area contributed by atoms with Gasteiger partial charge >= 0.3 is 0 Å². The summed E-state index contributed by atoms with van der Waals surface area (Å²) in [5.74, 6) is 0.205. The Bertz CT molecular complexity index is 475. The molecule has 116 valence electrons. The molecule has 0 spiro atoms. The van der Waals surface area contributed by atoms with E-state index in [1.54, 1.807) is 0 Å². The van der Waals surface area contributed by atoms with Crippen LogP contribution in [0.4, 0.5) is 5.69 Å². The number of hydrogen-bond acceptors (Lipinski definition) is 3. The third-order valence-corrected chi connectivity index (χ3v) is 4.12. The molecule has 1 atom stereocenters. The predicted molar refractivity (Wildman–Crippen MR) is 87.6 cm³/mol. The van der Waals surface area contributed by atoms with Crippen LogP contribution in [0.25, 0.3) is 0 Å². The SMILES string of the molecule is CCCNC(C)c1ccccc1N1CCCN(C)C(=O)C1. The quantitative estimate of drug-likeness (QED) is 0.904. The van der Waals surface area contributed by atoms with Crippen LogP contribution in [0.3, 0.4) is 0 Å². The average Bonchev–Trinajstić information content (AvgIpc) is 2.67. The van der Waals surface area contributed by atoms with Crippen LogP contribution in [0, 0.1) is 0 Å². The number of anilines is 1. The van der Waals surface area contributed by atoms with Gasteiger partial charge in [-0.2, -0.15) is 0 Å². The Labute approximate surface area is 128 Å². The fraction of sp³-hybridized carbons (Fsp3) is 0.588. The first-order chi connectivity index (χ1) is 10.1. The molecule has 4 nitrogen and oxygen atoms in total. The molecule has 0 bridgehead atoms. The molecule has 1 N–H and O–H groups in total. The number of carbonyl (C=O) groups excluding carboxylic acids is 1. The van der Waals surface area contributed by atoms with Crippen molar-refractivity contribution in [2.45, 2.75) is 32.7 Å². The van der Waals surface area contributed by atoms with E-state index in [2.05, 4.69) is 48.3 Å². The monoisotopic (exact) mass is 289 g/mol. The summed E-state index contributed by atoms with van der Waals surface area (Å²) < 4.78 is 0. The number of benzene rings is 1.